The largest absolute Gasteiger partial charge is 0.370 e. The molecule has 0 aliphatic rings. The molecule has 0 fully saturated rings. The van der Waals surface area contributed by atoms with Crippen molar-refractivity contribution in [2.75, 3.05) is 17.2 Å². The number of amides is 1. The molecular weight excluding hydrogens is 250 g/mol. The van der Waals surface area contributed by atoms with Crippen LogP contribution in [0.2, 0.25) is 0 Å². The summed E-state index contributed by atoms with van der Waals surface area (Å²) in [4.78, 5) is 16.3. The highest BCUT2D eigenvalue weighted by Crippen LogP contribution is 2.15. The molecule has 2 rings (SSSR count). The molecule has 1 amide bonds. The van der Waals surface area contributed by atoms with Gasteiger partial charge in [0.1, 0.15) is 5.82 Å². The summed E-state index contributed by atoms with van der Waals surface area (Å²) in [5.74, 6) is 0.626. The fourth-order valence-electron chi connectivity index (χ4n) is 2.06. The molecule has 0 atom stereocenters. The topological polar surface area (TPSA) is 54.0 Å². The van der Waals surface area contributed by atoms with E-state index in [9.17, 15) is 4.79 Å². The standard InChI is InChI=1S/C16H19N3O/c1-4-17-15-6-5-13(10-18-15)16(20)19-14-8-11(2)7-12(3)9-14/h5-10H,4H2,1-3H3,(H,17,18)(H,19,20). The second-order valence-electron chi connectivity index (χ2n) is 4.79. The van der Waals surface area contributed by atoms with Gasteiger partial charge in [-0.05, 0) is 56.2 Å². The van der Waals surface area contributed by atoms with E-state index in [0.717, 1.165) is 29.2 Å². The Morgan fingerprint density at radius 2 is 1.85 bits per heavy atom. The van der Waals surface area contributed by atoms with E-state index >= 15 is 0 Å². The molecule has 0 aliphatic carbocycles. The first-order valence-corrected chi connectivity index (χ1v) is 6.68. The second kappa shape index (κ2) is 6.19. The molecule has 1 aromatic heterocycles. The molecule has 0 saturated heterocycles. The van der Waals surface area contributed by atoms with Gasteiger partial charge < -0.3 is 10.6 Å². The van der Waals surface area contributed by atoms with Gasteiger partial charge in [-0.25, -0.2) is 4.98 Å². The molecule has 0 radical (unpaired) electrons. The third-order valence-corrected chi connectivity index (χ3v) is 2.86. The highest BCUT2D eigenvalue weighted by atomic mass is 16.1. The summed E-state index contributed by atoms with van der Waals surface area (Å²) < 4.78 is 0. The number of nitrogens with zero attached hydrogens (tertiary/aromatic N) is 1. The van der Waals surface area contributed by atoms with E-state index in [2.05, 4.69) is 21.7 Å². The quantitative estimate of drug-likeness (QED) is 0.894. The number of rotatable bonds is 4. The molecule has 0 unspecified atom stereocenters. The van der Waals surface area contributed by atoms with Gasteiger partial charge in [-0.2, -0.15) is 0 Å². The number of carbonyl (C=O) groups excluding carboxylic acids is 1. The Morgan fingerprint density at radius 1 is 1.15 bits per heavy atom. The van der Waals surface area contributed by atoms with Crippen LogP contribution in [0.15, 0.2) is 36.5 Å². The summed E-state index contributed by atoms with van der Waals surface area (Å²) in [7, 11) is 0. The minimum atomic E-state index is -0.148. The predicted molar refractivity (Wildman–Crippen MR) is 82.3 cm³/mol. The molecule has 4 nitrogen and oxygen atoms in total. The molecule has 104 valence electrons. The summed E-state index contributed by atoms with van der Waals surface area (Å²) in [6.07, 6.45) is 1.58. The number of benzene rings is 1. The molecule has 2 N–H and O–H groups in total. The summed E-state index contributed by atoms with van der Waals surface area (Å²) in [5.41, 5.74) is 3.61. The molecule has 2 aromatic rings. The SMILES string of the molecule is CCNc1ccc(C(=O)Nc2cc(C)cc(C)c2)cn1. The van der Waals surface area contributed by atoms with Crippen LogP contribution in [0.1, 0.15) is 28.4 Å². The smallest absolute Gasteiger partial charge is 0.257 e. The lowest BCUT2D eigenvalue weighted by Gasteiger charge is -2.08. The van der Waals surface area contributed by atoms with Crippen molar-refractivity contribution in [1.29, 1.82) is 0 Å². The maximum Gasteiger partial charge on any atom is 0.257 e. The van der Waals surface area contributed by atoms with Crippen molar-refractivity contribution < 1.29 is 4.79 Å². The summed E-state index contributed by atoms with van der Waals surface area (Å²) in [6.45, 7) is 6.83. The van der Waals surface area contributed by atoms with E-state index in [1.54, 1.807) is 18.3 Å². The Bertz CT molecular complexity index is 585. The molecule has 1 aromatic carbocycles. The van der Waals surface area contributed by atoms with Gasteiger partial charge in [0.15, 0.2) is 0 Å². The van der Waals surface area contributed by atoms with E-state index < -0.39 is 0 Å². The lowest BCUT2D eigenvalue weighted by atomic mass is 10.1. The van der Waals surface area contributed by atoms with E-state index in [0.29, 0.717) is 5.56 Å². The zero-order chi connectivity index (χ0) is 14.5. The summed E-state index contributed by atoms with van der Waals surface area (Å²) in [6, 6.07) is 9.54. The van der Waals surface area contributed by atoms with Gasteiger partial charge in [-0.15, -0.1) is 0 Å². The first kappa shape index (κ1) is 14.1. The Balaban J connectivity index is 2.11. The fraction of sp³-hybridized carbons (Fsp3) is 0.250. The number of nitrogens with one attached hydrogen (secondary N) is 2. The molecule has 0 bridgehead atoms. The molecule has 0 saturated carbocycles. The van der Waals surface area contributed by atoms with Gasteiger partial charge in [0.25, 0.3) is 5.91 Å². The summed E-state index contributed by atoms with van der Waals surface area (Å²) in [5, 5.41) is 5.99. The van der Waals surface area contributed by atoms with Gasteiger partial charge in [-0.1, -0.05) is 6.07 Å². The highest BCUT2D eigenvalue weighted by Gasteiger charge is 2.07. The zero-order valence-electron chi connectivity index (χ0n) is 12.0. The van der Waals surface area contributed by atoms with Crippen LogP contribution >= 0.6 is 0 Å². The summed E-state index contributed by atoms with van der Waals surface area (Å²) >= 11 is 0. The average Bonchev–Trinajstić information content (AvgIpc) is 2.38. The van der Waals surface area contributed by atoms with Crippen molar-refractivity contribution in [3.8, 4) is 0 Å². The number of hydrogen-bond donors (Lipinski definition) is 2. The van der Waals surface area contributed by atoms with Crippen LogP contribution in [0.3, 0.4) is 0 Å². The van der Waals surface area contributed by atoms with Gasteiger partial charge in [0.2, 0.25) is 0 Å². The van der Waals surface area contributed by atoms with Crippen LogP contribution < -0.4 is 10.6 Å². The molecule has 4 heteroatoms. The predicted octanol–water partition coefficient (Wildman–Crippen LogP) is 3.38. The zero-order valence-corrected chi connectivity index (χ0v) is 12.0. The number of pyridine rings is 1. The molecule has 0 aliphatic heterocycles. The third kappa shape index (κ3) is 3.57. The van der Waals surface area contributed by atoms with Crippen LogP contribution in [0.4, 0.5) is 11.5 Å². The lowest BCUT2D eigenvalue weighted by molar-refractivity contribution is 0.102. The van der Waals surface area contributed by atoms with E-state index in [1.807, 2.05) is 32.9 Å². The van der Waals surface area contributed by atoms with Crippen molar-refractivity contribution in [3.05, 3.63) is 53.2 Å². The number of aromatic nitrogens is 1. The molecule has 0 spiro atoms. The normalized spacial score (nSPS) is 10.2. The maximum absolute atomic E-state index is 12.1. The van der Waals surface area contributed by atoms with Crippen molar-refractivity contribution in [1.82, 2.24) is 4.98 Å². The number of carbonyl (C=O) groups is 1. The van der Waals surface area contributed by atoms with Crippen molar-refractivity contribution in [2.24, 2.45) is 0 Å². The van der Waals surface area contributed by atoms with Gasteiger partial charge in [-0.3, -0.25) is 4.79 Å². The Labute approximate surface area is 119 Å². The van der Waals surface area contributed by atoms with Gasteiger partial charge >= 0.3 is 0 Å². The van der Waals surface area contributed by atoms with Crippen molar-refractivity contribution in [3.63, 3.8) is 0 Å². The number of hydrogen-bond acceptors (Lipinski definition) is 3. The fourth-order valence-corrected chi connectivity index (χ4v) is 2.06. The number of aryl methyl sites for hydroxylation is 2. The minimum absolute atomic E-state index is 0.148. The van der Waals surface area contributed by atoms with Crippen molar-refractivity contribution in [2.45, 2.75) is 20.8 Å². The van der Waals surface area contributed by atoms with Crippen molar-refractivity contribution >= 4 is 17.4 Å². The van der Waals surface area contributed by atoms with E-state index in [-0.39, 0.29) is 5.91 Å². The van der Waals surface area contributed by atoms with E-state index in [4.69, 9.17) is 0 Å². The first-order valence-electron chi connectivity index (χ1n) is 6.68. The Hall–Kier alpha value is -2.36. The minimum Gasteiger partial charge on any atom is -0.370 e. The van der Waals surface area contributed by atoms with Crippen LogP contribution in [0, 0.1) is 13.8 Å². The first-order chi connectivity index (χ1) is 9.58. The van der Waals surface area contributed by atoms with E-state index in [1.165, 1.54) is 0 Å². The van der Waals surface area contributed by atoms with Crippen LogP contribution in [-0.2, 0) is 0 Å². The van der Waals surface area contributed by atoms with Gasteiger partial charge in [0, 0.05) is 18.4 Å². The highest BCUT2D eigenvalue weighted by molar-refractivity contribution is 6.04. The van der Waals surface area contributed by atoms with Crippen LogP contribution in [0.5, 0.6) is 0 Å². The molecule has 20 heavy (non-hydrogen) atoms. The monoisotopic (exact) mass is 269 g/mol. The van der Waals surface area contributed by atoms with Crippen LogP contribution in [0.25, 0.3) is 0 Å². The second-order valence-corrected chi connectivity index (χ2v) is 4.79. The Morgan fingerprint density at radius 3 is 2.40 bits per heavy atom. The Kier molecular flexibility index (Phi) is 4.35. The third-order valence-electron chi connectivity index (χ3n) is 2.86. The van der Waals surface area contributed by atoms with Crippen LogP contribution in [-0.4, -0.2) is 17.4 Å². The molecular formula is C16H19N3O. The lowest BCUT2D eigenvalue weighted by Crippen LogP contribution is -2.12. The average molecular weight is 269 g/mol. The molecule has 1 heterocycles. The maximum atomic E-state index is 12.1. The van der Waals surface area contributed by atoms with Gasteiger partial charge in [0.05, 0.1) is 5.56 Å². The number of anilines is 2.